The molecule has 9 heteroatoms. The van der Waals surface area contributed by atoms with Gasteiger partial charge in [0.05, 0.1) is 23.4 Å². The first-order valence-corrected chi connectivity index (χ1v) is 7.83. The van der Waals surface area contributed by atoms with E-state index in [4.69, 9.17) is 11.6 Å². The monoisotopic (exact) mass is 363 g/mol. The van der Waals surface area contributed by atoms with E-state index in [0.29, 0.717) is 27.9 Å². The van der Waals surface area contributed by atoms with Gasteiger partial charge in [-0.25, -0.2) is 9.59 Å². The number of benzene rings is 1. The molecule has 0 fully saturated rings. The first-order valence-electron chi connectivity index (χ1n) is 7.45. The summed E-state index contributed by atoms with van der Waals surface area (Å²) in [6.07, 6.45) is 0. The van der Waals surface area contributed by atoms with Gasteiger partial charge in [-0.3, -0.25) is 5.32 Å². The lowest BCUT2D eigenvalue weighted by molar-refractivity contribution is 0.0601. The number of rotatable bonds is 5. The highest BCUT2D eigenvalue weighted by Crippen LogP contribution is 2.26. The number of anilines is 3. The summed E-state index contributed by atoms with van der Waals surface area (Å²) in [6.45, 7) is 3.70. The largest absolute Gasteiger partial charge is 0.465 e. The van der Waals surface area contributed by atoms with Gasteiger partial charge in [0, 0.05) is 6.04 Å². The fourth-order valence-corrected chi connectivity index (χ4v) is 2.05. The fraction of sp³-hybridized carbons (Fsp3) is 0.250. The number of aromatic nitrogens is 2. The maximum Gasteiger partial charge on any atom is 0.337 e. The van der Waals surface area contributed by atoms with Crippen LogP contribution in [-0.4, -0.2) is 35.3 Å². The van der Waals surface area contributed by atoms with Gasteiger partial charge in [-0.1, -0.05) is 11.6 Å². The number of carbonyl (C=O) groups is 2. The SMILES string of the molecule is COC(=O)c1ccc(Cl)c(Nc2ccc(NC(=O)NC(C)C)nn2)c1. The fourth-order valence-electron chi connectivity index (χ4n) is 1.88. The summed E-state index contributed by atoms with van der Waals surface area (Å²) in [4.78, 5) is 23.2. The van der Waals surface area contributed by atoms with Crippen LogP contribution in [0.15, 0.2) is 30.3 Å². The van der Waals surface area contributed by atoms with Crippen LogP contribution < -0.4 is 16.0 Å². The average molecular weight is 364 g/mol. The molecule has 0 bridgehead atoms. The third-order valence-electron chi connectivity index (χ3n) is 2.98. The van der Waals surface area contributed by atoms with Gasteiger partial charge in [-0.05, 0) is 44.2 Å². The molecule has 0 aliphatic rings. The first-order chi connectivity index (χ1) is 11.9. The lowest BCUT2D eigenvalue weighted by atomic mass is 10.2. The van der Waals surface area contributed by atoms with Gasteiger partial charge >= 0.3 is 12.0 Å². The van der Waals surface area contributed by atoms with E-state index < -0.39 is 5.97 Å². The van der Waals surface area contributed by atoms with Gasteiger partial charge in [-0.2, -0.15) is 0 Å². The Morgan fingerprint density at radius 3 is 2.40 bits per heavy atom. The van der Waals surface area contributed by atoms with Crippen molar-refractivity contribution in [2.45, 2.75) is 19.9 Å². The molecule has 0 unspecified atom stereocenters. The molecule has 1 aromatic heterocycles. The molecule has 2 aromatic rings. The Bertz CT molecular complexity index is 765. The van der Waals surface area contributed by atoms with Crippen molar-refractivity contribution in [3.8, 4) is 0 Å². The third-order valence-corrected chi connectivity index (χ3v) is 3.31. The molecular formula is C16H18ClN5O3. The Morgan fingerprint density at radius 2 is 1.80 bits per heavy atom. The molecule has 1 heterocycles. The highest BCUT2D eigenvalue weighted by Gasteiger charge is 2.10. The number of amides is 2. The molecule has 0 atom stereocenters. The van der Waals surface area contributed by atoms with Crippen LogP contribution in [-0.2, 0) is 4.74 Å². The zero-order valence-electron chi connectivity index (χ0n) is 14.0. The van der Waals surface area contributed by atoms with Crippen molar-refractivity contribution in [1.29, 1.82) is 0 Å². The van der Waals surface area contributed by atoms with E-state index in [0.717, 1.165) is 0 Å². The van der Waals surface area contributed by atoms with Crippen LogP contribution in [0.3, 0.4) is 0 Å². The highest BCUT2D eigenvalue weighted by atomic mass is 35.5. The van der Waals surface area contributed by atoms with Crippen molar-refractivity contribution in [1.82, 2.24) is 15.5 Å². The predicted molar refractivity (Wildman–Crippen MR) is 95.4 cm³/mol. The summed E-state index contributed by atoms with van der Waals surface area (Å²) in [5.74, 6) is 0.235. The topological polar surface area (TPSA) is 105 Å². The van der Waals surface area contributed by atoms with Crippen LogP contribution in [0.5, 0.6) is 0 Å². The molecule has 25 heavy (non-hydrogen) atoms. The van der Waals surface area contributed by atoms with Crippen molar-refractivity contribution in [3.63, 3.8) is 0 Å². The maximum absolute atomic E-state index is 11.6. The van der Waals surface area contributed by atoms with Gasteiger partial charge in [0.1, 0.15) is 0 Å². The maximum atomic E-state index is 11.6. The zero-order valence-corrected chi connectivity index (χ0v) is 14.7. The number of carbonyl (C=O) groups excluding carboxylic acids is 2. The number of hydrogen-bond donors (Lipinski definition) is 3. The zero-order chi connectivity index (χ0) is 18.4. The van der Waals surface area contributed by atoms with Crippen LogP contribution in [0.4, 0.5) is 22.1 Å². The Hall–Kier alpha value is -2.87. The molecule has 2 rings (SSSR count). The Labute approximate surface area is 149 Å². The molecule has 0 spiro atoms. The smallest absolute Gasteiger partial charge is 0.337 e. The van der Waals surface area contributed by atoms with Crippen molar-refractivity contribution in [3.05, 3.63) is 40.9 Å². The Balaban J connectivity index is 2.08. The molecule has 0 saturated heterocycles. The van der Waals surface area contributed by atoms with E-state index in [1.54, 1.807) is 30.3 Å². The number of esters is 1. The second-order valence-electron chi connectivity index (χ2n) is 5.37. The molecule has 0 saturated carbocycles. The van der Waals surface area contributed by atoms with Gasteiger partial charge in [-0.15, -0.1) is 10.2 Å². The van der Waals surface area contributed by atoms with Crippen molar-refractivity contribution in [2.75, 3.05) is 17.7 Å². The van der Waals surface area contributed by atoms with Crippen LogP contribution >= 0.6 is 11.6 Å². The minimum atomic E-state index is -0.471. The molecular weight excluding hydrogens is 346 g/mol. The third kappa shape index (κ3) is 5.32. The number of urea groups is 1. The quantitative estimate of drug-likeness (QED) is 0.704. The summed E-state index contributed by atoms with van der Waals surface area (Å²) in [5.41, 5.74) is 0.836. The second-order valence-corrected chi connectivity index (χ2v) is 5.78. The molecule has 8 nitrogen and oxygen atoms in total. The molecule has 3 N–H and O–H groups in total. The molecule has 0 aliphatic heterocycles. The number of nitrogens with one attached hydrogen (secondary N) is 3. The molecule has 0 radical (unpaired) electrons. The summed E-state index contributed by atoms with van der Waals surface area (Å²) < 4.78 is 4.68. The van der Waals surface area contributed by atoms with Crippen molar-refractivity contribution >= 4 is 40.9 Å². The first kappa shape index (κ1) is 18.5. The van der Waals surface area contributed by atoms with E-state index >= 15 is 0 Å². The van der Waals surface area contributed by atoms with E-state index in [1.165, 1.54) is 7.11 Å². The molecule has 2 amide bonds. The standard InChI is InChI=1S/C16H18ClN5O3/c1-9(2)18-16(24)20-14-7-6-13(21-22-14)19-12-8-10(15(23)25-3)4-5-11(12)17/h4-9H,1-3H3,(H,19,21)(H2,18,20,22,24). The van der Waals surface area contributed by atoms with E-state index in [-0.39, 0.29) is 12.1 Å². The predicted octanol–water partition coefficient (Wildman–Crippen LogP) is 3.19. The minimum Gasteiger partial charge on any atom is -0.465 e. The summed E-state index contributed by atoms with van der Waals surface area (Å²) in [7, 11) is 1.30. The summed E-state index contributed by atoms with van der Waals surface area (Å²) in [5, 5.41) is 16.5. The number of hydrogen-bond acceptors (Lipinski definition) is 6. The number of nitrogens with zero attached hydrogens (tertiary/aromatic N) is 2. The van der Waals surface area contributed by atoms with Crippen LogP contribution in [0, 0.1) is 0 Å². The lowest BCUT2D eigenvalue weighted by Gasteiger charge is -2.11. The van der Waals surface area contributed by atoms with E-state index in [1.807, 2.05) is 13.8 Å². The van der Waals surface area contributed by atoms with E-state index in [9.17, 15) is 9.59 Å². The van der Waals surface area contributed by atoms with Gasteiger partial charge in [0.25, 0.3) is 0 Å². The Morgan fingerprint density at radius 1 is 1.12 bits per heavy atom. The summed E-state index contributed by atoms with van der Waals surface area (Å²) in [6, 6.07) is 7.56. The molecule has 132 valence electrons. The number of methoxy groups -OCH3 is 1. The Kier molecular flexibility index (Phi) is 6.13. The van der Waals surface area contributed by atoms with Gasteiger partial charge in [0.15, 0.2) is 11.6 Å². The molecule has 0 aliphatic carbocycles. The minimum absolute atomic E-state index is 0.0122. The number of halogens is 1. The van der Waals surface area contributed by atoms with Crippen LogP contribution in [0.1, 0.15) is 24.2 Å². The molecule has 1 aromatic carbocycles. The van der Waals surface area contributed by atoms with Crippen molar-refractivity contribution in [2.24, 2.45) is 0 Å². The second kappa shape index (κ2) is 8.29. The lowest BCUT2D eigenvalue weighted by Crippen LogP contribution is -2.34. The van der Waals surface area contributed by atoms with Crippen LogP contribution in [0.25, 0.3) is 0 Å². The normalized spacial score (nSPS) is 10.3. The highest BCUT2D eigenvalue weighted by molar-refractivity contribution is 6.33. The average Bonchev–Trinajstić information content (AvgIpc) is 2.57. The van der Waals surface area contributed by atoms with Gasteiger partial charge in [0.2, 0.25) is 0 Å². The van der Waals surface area contributed by atoms with Gasteiger partial charge < -0.3 is 15.4 Å². The summed E-state index contributed by atoms with van der Waals surface area (Å²) >= 11 is 6.11. The number of ether oxygens (including phenoxy) is 1. The van der Waals surface area contributed by atoms with Crippen LogP contribution in [0.2, 0.25) is 5.02 Å². The van der Waals surface area contributed by atoms with Crippen molar-refractivity contribution < 1.29 is 14.3 Å². The van der Waals surface area contributed by atoms with E-state index in [2.05, 4.69) is 30.9 Å².